The molecule has 1 aliphatic rings. The molecular formula is C17H20N4O. The lowest BCUT2D eigenvalue weighted by Gasteiger charge is -2.07. The smallest absolute Gasteiger partial charge is 0.260 e. The van der Waals surface area contributed by atoms with Gasteiger partial charge in [0.05, 0.1) is 6.20 Å². The van der Waals surface area contributed by atoms with Gasteiger partial charge in [-0.1, -0.05) is 12.2 Å². The Labute approximate surface area is 129 Å². The van der Waals surface area contributed by atoms with Gasteiger partial charge in [0.1, 0.15) is 5.56 Å². The van der Waals surface area contributed by atoms with Gasteiger partial charge in [0, 0.05) is 17.1 Å². The van der Waals surface area contributed by atoms with Gasteiger partial charge in [0.25, 0.3) is 5.91 Å². The molecule has 1 aliphatic carbocycles. The first kappa shape index (κ1) is 14.5. The Balaban J connectivity index is 1.99. The molecule has 0 bridgehead atoms. The minimum atomic E-state index is -0.168. The first-order valence-electron chi connectivity index (χ1n) is 7.59. The molecule has 3 rings (SSSR count). The van der Waals surface area contributed by atoms with Gasteiger partial charge in [-0.05, 0) is 51.7 Å². The summed E-state index contributed by atoms with van der Waals surface area (Å²) in [5.41, 5.74) is 5.45. The molecule has 1 amide bonds. The van der Waals surface area contributed by atoms with Crippen molar-refractivity contribution in [3.05, 3.63) is 52.6 Å². The van der Waals surface area contributed by atoms with Crippen LogP contribution in [0.4, 0.5) is 0 Å². The Hall–Kier alpha value is -2.43. The van der Waals surface area contributed by atoms with E-state index in [1.807, 2.05) is 43.5 Å². The Kier molecular flexibility index (Phi) is 3.79. The van der Waals surface area contributed by atoms with E-state index in [0.717, 1.165) is 30.7 Å². The fourth-order valence-electron chi connectivity index (χ4n) is 2.91. The van der Waals surface area contributed by atoms with Crippen molar-refractivity contribution >= 4 is 11.6 Å². The lowest BCUT2D eigenvalue weighted by molar-refractivity contribution is 0.0967. The Morgan fingerprint density at radius 2 is 2.23 bits per heavy atom. The van der Waals surface area contributed by atoms with Crippen LogP contribution in [0.15, 0.2) is 30.1 Å². The molecule has 22 heavy (non-hydrogen) atoms. The highest BCUT2D eigenvalue weighted by molar-refractivity contribution is 6.00. The van der Waals surface area contributed by atoms with Gasteiger partial charge < -0.3 is 5.32 Å². The highest BCUT2D eigenvalue weighted by Crippen LogP contribution is 2.25. The van der Waals surface area contributed by atoms with Crippen molar-refractivity contribution in [2.75, 3.05) is 0 Å². The van der Waals surface area contributed by atoms with E-state index in [1.54, 1.807) is 6.20 Å². The highest BCUT2D eigenvalue weighted by Gasteiger charge is 2.22. The minimum Gasteiger partial charge on any atom is -0.326 e. The summed E-state index contributed by atoms with van der Waals surface area (Å²) in [6, 6.07) is 0. The van der Waals surface area contributed by atoms with Crippen molar-refractivity contribution in [2.24, 2.45) is 0 Å². The normalized spacial score (nSPS) is 14.8. The summed E-state index contributed by atoms with van der Waals surface area (Å²) in [6.45, 7) is 5.81. The number of aromatic nitrogens is 3. The average molecular weight is 296 g/mol. The van der Waals surface area contributed by atoms with E-state index in [2.05, 4.69) is 15.4 Å². The Bertz CT molecular complexity index is 799. The van der Waals surface area contributed by atoms with Crippen LogP contribution in [-0.2, 0) is 12.8 Å². The van der Waals surface area contributed by atoms with Gasteiger partial charge in [0.2, 0.25) is 0 Å². The van der Waals surface area contributed by atoms with Crippen LogP contribution in [0.25, 0.3) is 5.65 Å². The SMILES string of the molecule is CC=CC=C(C)NC(=O)c1cnn2c3c(c(C)nc12)CCC3. The topological polar surface area (TPSA) is 59.3 Å². The molecule has 0 radical (unpaired) electrons. The van der Waals surface area contributed by atoms with E-state index in [4.69, 9.17) is 0 Å². The van der Waals surface area contributed by atoms with Crippen LogP contribution in [0.2, 0.25) is 0 Å². The highest BCUT2D eigenvalue weighted by atomic mass is 16.1. The third kappa shape index (κ3) is 2.43. The van der Waals surface area contributed by atoms with Gasteiger partial charge in [0.15, 0.2) is 5.65 Å². The molecule has 1 N–H and O–H groups in total. The van der Waals surface area contributed by atoms with E-state index >= 15 is 0 Å². The van der Waals surface area contributed by atoms with E-state index in [9.17, 15) is 4.79 Å². The molecule has 0 unspecified atom stereocenters. The standard InChI is InChI=1S/C17H20N4O/c1-4-5-7-11(2)19-17(22)14-10-18-21-15-9-6-8-13(15)12(3)20-16(14)21/h4-5,7,10H,6,8-9H2,1-3H3,(H,19,22). The zero-order valence-corrected chi connectivity index (χ0v) is 13.2. The number of aryl methyl sites for hydroxylation is 2. The van der Waals surface area contributed by atoms with Crippen molar-refractivity contribution in [2.45, 2.75) is 40.0 Å². The summed E-state index contributed by atoms with van der Waals surface area (Å²) >= 11 is 0. The maximum absolute atomic E-state index is 12.4. The number of fused-ring (bicyclic) bond motifs is 3. The number of hydrogen-bond acceptors (Lipinski definition) is 3. The lowest BCUT2D eigenvalue weighted by atomic mass is 10.2. The fraction of sp³-hybridized carbons (Fsp3) is 0.353. The predicted molar refractivity (Wildman–Crippen MR) is 85.8 cm³/mol. The number of nitrogens with one attached hydrogen (secondary N) is 1. The van der Waals surface area contributed by atoms with Crippen molar-refractivity contribution in [1.82, 2.24) is 19.9 Å². The maximum Gasteiger partial charge on any atom is 0.260 e. The molecule has 0 saturated heterocycles. The molecule has 2 aromatic heterocycles. The Morgan fingerprint density at radius 3 is 3.00 bits per heavy atom. The van der Waals surface area contributed by atoms with E-state index in [-0.39, 0.29) is 5.91 Å². The van der Waals surface area contributed by atoms with Gasteiger partial charge >= 0.3 is 0 Å². The van der Waals surface area contributed by atoms with Gasteiger partial charge in [-0.3, -0.25) is 4.79 Å². The van der Waals surface area contributed by atoms with E-state index < -0.39 is 0 Å². The predicted octanol–water partition coefficient (Wildman–Crippen LogP) is 2.74. The number of amides is 1. The molecular weight excluding hydrogens is 276 g/mol. The first-order valence-corrected chi connectivity index (χ1v) is 7.59. The zero-order chi connectivity index (χ0) is 15.7. The van der Waals surface area contributed by atoms with Crippen molar-refractivity contribution < 1.29 is 4.79 Å². The molecule has 2 heterocycles. The quantitative estimate of drug-likeness (QED) is 0.886. The summed E-state index contributed by atoms with van der Waals surface area (Å²) in [4.78, 5) is 17.0. The zero-order valence-electron chi connectivity index (χ0n) is 13.2. The van der Waals surface area contributed by atoms with E-state index in [1.165, 1.54) is 11.3 Å². The second-order valence-corrected chi connectivity index (χ2v) is 5.60. The molecule has 114 valence electrons. The molecule has 5 nitrogen and oxygen atoms in total. The van der Waals surface area contributed by atoms with Crippen molar-refractivity contribution in [3.63, 3.8) is 0 Å². The largest absolute Gasteiger partial charge is 0.326 e. The second kappa shape index (κ2) is 5.75. The summed E-state index contributed by atoms with van der Waals surface area (Å²) in [7, 11) is 0. The monoisotopic (exact) mass is 296 g/mol. The van der Waals surface area contributed by atoms with Crippen LogP contribution >= 0.6 is 0 Å². The minimum absolute atomic E-state index is 0.168. The number of hydrogen-bond donors (Lipinski definition) is 1. The van der Waals surface area contributed by atoms with Crippen LogP contribution in [0, 0.1) is 6.92 Å². The maximum atomic E-state index is 12.4. The first-order chi connectivity index (χ1) is 10.6. The second-order valence-electron chi connectivity index (χ2n) is 5.60. The molecule has 0 atom stereocenters. The molecule has 5 heteroatoms. The molecule has 0 saturated carbocycles. The van der Waals surface area contributed by atoms with Gasteiger partial charge in [-0.2, -0.15) is 5.10 Å². The average Bonchev–Trinajstić information content (AvgIpc) is 3.11. The Morgan fingerprint density at radius 1 is 1.41 bits per heavy atom. The third-order valence-corrected chi connectivity index (χ3v) is 3.99. The summed E-state index contributed by atoms with van der Waals surface area (Å²) in [5, 5.41) is 7.26. The number of carbonyl (C=O) groups excluding carboxylic acids is 1. The third-order valence-electron chi connectivity index (χ3n) is 3.99. The molecule has 0 fully saturated rings. The van der Waals surface area contributed by atoms with Crippen molar-refractivity contribution in [1.29, 1.82) is 0 Å². The van der Waals surface area contributed by atoms with Crippen LogP contribution < -0.4 is 5.32 Å². The van der Waals surface area contributed by atoms with Crippen molar-refractivity contribution in [3.8, 4) is 0 Å². The number of allylic oxidation sites excluding steroid dienone is 4. The van der Waals surface area contributed by atoms with Crippen LogP contribution in [0.5, 0.6) is 0 Å². The molecule has 2 aromatic rings. The molecule has 0 spiro atoms. The number of nitrogens with zero attached hydrogens (tertiary/aromatic N) is 3. The van der Waals surface area contributed by atoms with Crippen LogP contribution in [0.3, 0.4) is 0 Å². The van der Waals surface area contributed by atoms with Crippen LogP contribution in [-0.4, -0.2) is 20.5 Å². The fourth-order valence-corrected chi connectivity index (χ4v) is 2.91. The number of rotatable bonds is 3. The summed E-state index contributed by atoms with van der Waals surface area (Å²) in [6.07, 6.45) is 10.5. The summed E-state index contributed by atoms with van der Waals surface area (Å²) < 4.78 is 1.83. The lowest BCUT2D eigenvalue weighted by Crippen LogP contribution is -2.21. The van der Waals surface area contributed by atoms with Crippen LogP contribution in [0.1, 0.15) is 47.6 Å². The molecule has 0 aromatic carbocycles. The summed E-state index contributed by atoms with van der Waals surface area (Å²) in [5.74, 6) is -0.168. The van der Waals surface area contributed by atoms with Gasteiger partial charge in [-0.15, -0.1) is 0 Å². The van der Waals surface area contributed by atoms with E-state index in [0.29, 0.717) is 11.2 Å². The molecule has 0 aliphatic heterocycles. The number of carbonyl (C=O) groups is 1. The van der Waals surface area contributed by atoms with Gasteiger partial charge in [-0.25, -0.2) is 9.50 Å².